The van der Waals surface area contributed by atoms with Crippen LogP contribution in [0, 0.1) is 0 Å². The molecule has 0 atom stereocenters. The fourth-order valence-electron chi connectivity index (χ4n) is 3.74. The molecule has 0 bridgehead atoms. The number of hydrogen-bond acceptors (Lipinski definition) is 4. The lowest BCUT2D eigenvalue weighted by molar-refractivity contribution is 0.0460. The van der Waals surface area contributed by atoms with E-state index in [1.807, 2.05) is 36.1 Å². The lowest BCUT2D eigenvalue weighted by Crippen LogP contribution is -2.48. The van der Waals surface area contributed by atoms with Gasteiger partial charge in [-0.15, -0.1) is 0 Å². The molecular weight excluding hydrogens is 330 g/mol. The number of benzene rings is 1. The van der Waals surface area contributed by atoms with Crippen LogP contribution in [0.1, 0.15) is 32.6 Å². The van der Waals surface area contributed by atoms with E-state index in [2.05, 4.69) is 10.2 Å². The summed E-state index contributed by atoms with van der Waals surface area (Å²) in [5.74, 6) is 0.717. The van der Waals surface area contributed by atoms with E-state index in [4.69, 9.17) is 9.47 Å². The first-order chi connectivity index (χ1) is 12.8. The van der Waals surface area contributed by atoms with Crippen LogP contribution in [-0.4, -0.2) is 67.9 Å². The van der Waals surface area contributed by atoms with Crippen LogP contribution in [-0.2, 0) is 4.74 Å². The fourth-order valence-corrected chi connectivity index (χ4v) is 3.74. The molecule has 2 fully saturated rings. The zero-order valence-corrected chi connectivity index (χ0v) is 15.8. The summed E-state index contributed by atoms with van der Waals surface area (Å²) in [5.41, 5.74) is 0.734. The monoisotopic (exact) mass is 361 g/mol. The molecule has 3 rings (SSSR count). The summed E-state index contributed by atoms with van der Waals surface area (Å²) >= 11 is 0. The molecule has 1 aromatic rings. The van der Waals surface area contributed by atoms with E-state index in [0.29, 0.717) is 6.61 Å². The molecule has 2 heterocycles. The minimum atomic E-state index is -0.0387. The van der Waals surface area contributed by atoms with E-state index in [9.17, 15) is 4.79 Å². The summed E-state index contributed by atoms with van der Waals surface area (Å²) in [6.45, 7) is 7.98. The van der Waals surface area contributed by atoms with Crippen molar-refractivity contribution in [1.82, 2.24) is 9.80 Å². The molecule has 2 aliphatic rings. The molecule has 144 valence electrons. The zero-order valence-electron chi connectivity index (χ0n) is 15.8. The van der Waals surface area contributed by atoms with E-state index < -0.39 is 0 Å². The second-order valence-electron chi connectivity index (χ2n) is 6.95. The molecule has 0 unspecified atom stereocenters. The van der Waals surface area contributed by atoms with Crippen molar-refractivity contribution in [2.24, 2.45) is 0 Å². The average molecular weight is 361 g/mol. The quantitative estimate of drug-likeness (QED) is 0.810. The van der Waals surface area contributed by atoms with Crippen molar-refractivity contribution in [3.63, 3.8) is 0 Å². The molecule has 26 heavy (non-hydrogen) atoms. The van der Waals surface area contributed by atoms with Gasteiger partial charge >= 0.3 is 6.03 Å². The smallest absolute Gasteiger partial charge is 0.322 e. The molecule has 2 aliphatic heterocycles. The normalized spacial score (nSPS) is 18.7. The van der Waals surface area contributed by atoms with Gasteiger partial charge in [-0.2, -0.15) is 0 Å². The third-order valence-electron chi connectivity index (χ3n) is 5.18. The van der Waals surface area contributed by atoms with Gasteiger partial charge in [-0.25, -0.2) is 4.79 Å². The number of carbonyl (C=O) groups is 1. The highest BCUT2D eigenvalue weighted by Crippen LogP contribution is 2.25. The van der Waals surface area contributed by atoms with Crippen LogP contribution in [0.4, 0.5) is 10.5 Å². The molecular formula is C20H31N3O3. The van der Waals surface area contributed by atoms with Gasteiger partial charge in [0, 0.05) is 32.3 Å². The Labute approximate surface area is 156 Å². The number of nitrogens with zero attached hydrogens (tertiary/aromatic N) is 2. The minimum absolute atomic E-state index is 0.0387. The maximum atomic E-state index is 13.1. The number of rotatable bonds is 7. The van der Waals surface area contributed by atoms with Crippen LogP contribution in [0.2, 0.25) is 0 Å². The number of likely N-dealkylation sites (tertiary alicyclic amines) is 1. The van der Waals surface area contributed by atoms with Crippen LogP contribution in [0.3, 0.4) is 0 Å². The van der Waals surface area contributed by atoms with Crippen LogP contribution in [0.5, 0.6) is 5.75 Å². The molecule has 2 saturated heterocycles. The molecule has 0 saturated carbocycles. The lowest BCUT2D eigenvalue weighted by atomic mass is 10.1. The fraction of sp³-hybridized carbons (Fsp3) is 0.650. The van der Waals surface area contributed by atoms with Crippen molar-refractivity contribution in [2.75, 3.05) is 51.3 Å². The van der Waals surface area contributed by atoms with Crippen LogP contribution >= 0.6 is 0 Å². The maximum Gasteiger partial charge on any atom is 0.322 e. The van der Waals surface area contributed by atoms with Gasteiger partial charge in [0.15, 0.2) is 0 Å². The Morgan fingerprint density at radius 2 is 2.00 bits per heavy atom. The van der Waals surface area contributed by atoms with Gasteiger partial charge in [0.1, 0.15) is 5.75 Å². The largest absolute Gasteiger partial charge is 0.492 e. The number of hydrogen-bond donors (Lipinski definition) is 1. The van der Waals surface area contributed by atoms with E-state index in [1.165, 1.54) is 12.8 Å². The molecule has 0 aromatic heterocycles. The van der Waals surface area contributed by atoms with Gasteiger partial charge in [-0.1, -0.05) is 12.1 Å². The van der Waals surface area contributed by atoms with Crippen molar-refractivity contribution in [3.8, 4) is 5.75 Å². The molecule has 0 radical (unpaired) electrons. The Balaban J connectivity index is 1.66. The SMILES string of the molecule is CCOc1ccccc1NC(=O)N(CCN1CCCC1)C1CCOCC1. The van der Waals surface area contributed by atoms with E-state index in [1.54, 1.807) is 0 Å². The first kappa shape index (κ1) is 19.0. The third-order valence-corrected chi connectivity index (χ3v) is 5.18. The predicted octanol–water partition coefficient (Wildman–Crippen LogP) is 3.19. The van der Waals surface area contributed by atoms with E-state index >= 15 is 0 Å². The summed E-state index contributed by atoms with van der Waals surface area (Å²) in [6, 6.07) is 7.83. The number of carbonyl (C=O) groups excluding carboxylic acids is 1. The summed E-state index contributed by atoms with van der Waals surface area (Å²) in [5, 5.41) is 3.07. The standard InChI is InChI=1S/C20H31N3O3/c1-2-26-19-8-4-3-7-18(19)21-20(24)23(17-9-15-25-16-10-17)14-13-22-11-5-6-12-22/h3-4,7-8,17H,2,5-6,9-16H2,1H3,(H,21,24). The second kappa shape index (κ2) is 9.78. The maximum absolute atomic E-state index is 13.1. The number of anilines is 1. The Bertz CT molecular complexity index is 569. The van der Waals surface area contributed by atoms with E-state index in [-0.39, 0.29) is 12.1 Å². The van der Waals surface area contributed by atoms with Gasteiger partial charge in [-0.05, 0) is 57.8 Å². The number of amides is 2. The Morgan fingerprint density at radius 1 is 1.27 bits per heavy atom. The molecule has 0 spiro atoms. The van der Waals surface area contributed by atoms with E-state index in [0.717, 1.165) is 63.7 Å². The molecule has 6 nitrogen and oxygen atoms in total. The molecule has 6 heteroatoms. The lowest BCUT2D eigenvalue weighted by Gasteiger charge is -2.35. The predicted molar refractivity (Wildman–Crippen MR) is 103 cm³/mol. The van der Waals surface area contributed by atoms with Gasteiger partial charge in [-0.3, -0.25) is 0 Å². The first-order valence-electron chi connectivity index (χ1n) is 9.87. The Kier molecular flexibility index (Phi) is 7.14. The highest BCUT2D eigenvalue weighted by Gasteiger charge is 2.27. The molecule has 1 N–H and O–H groups in total. The molecule has 2 amide bonds. The molecule has 1 aromatic carbocycles. The minimum Gasteiger partial charge on any atom is -0.492 e. The Hall–Kier alpha value is -1.79. The van der Waals surface area contributed by atoms with Crippen molar-refractivity contribution >= 4 is 11.7 Å². The van der Waals surface area contributed by atoms with Crippen LogP contribution in [0.15, 0.2) is 24.3 Å². The number of ether oxygens (including phenoxy) is 2. The van der Waals surface area contributed by atoms with Gasteiger partial charge in [0.2, 0.25) is 0 Å². The number of nitrogens with one attached hydrogen (secondary N) is 1. The highest BCUT2D eigenvalue weighted by molar-refractivity contribution is 5.91. The summed E-state index contributed by atoms with van der Waals surface area (Å²) in [7, 11) is 0. The van der Waals surface area contributed by atoms with Crippen LogP contribution in [0.25, 0.3) is 0 Å². The number of urea groups is 1. The van der Waals surface area contributed by atoms with Crippen molar-refractivity contribution in [1.29, 1.82) is 0 Å². The Morgan fingerprint density at radius 3 is 2.73 bits per heavy atom. The van der Waals surface area contributed by atoms with Gasteiger partial charge in [0.05, 0.1) is 12.3 Å². The van der Waals surface area contributed by atoms with Gasteiger partial charge in [0.25, 0.3) is 0 Å². The van der Waals surface area contributed by atoms with Crippen molar-refractivity contribution in [3.05, 3.63) is 24.3 Å². The van der Waals surface area contributed by atoms with Crippen molar-refractivity contribution < 1.29 is 14.3 Å². The second-order valence-corrected chi connectivity index (χ2v) is 6.95. The van der Waals surface area contributed by atoms with Gasteiger partial charge < -0.3 is 24.6 Å². The number of para-hydroxylation sites is 2. The molecule has 0 aliphatic carbocycles. The highest BCUT2D eigenvalue weighted by atomic mass is 16.5. The third kappa shape index (κ3) is 5.11. The first-order valence-corrected chi connectivity index (χ1v) is 9.87. The summed E-state index contributed by atoms with van der Waals surface area (Å²) in [6.07, 6.45) is 4.34. The van der Waals surface area contributed by atoms with Crippen LogP contribution < -0.4 is 10.1 Å². The summed E-state index contributed by atoms with van der Waals surface area (Å²) < 4.78 is 11.1. The van der Waals surface area contributed by atoms with Crippen molar-refractivity contribution in [2.45, 2.75) is 38.6 Å². The zero-order chi connectivity index (χ0) is 18.2. The average Bonchev–Trinajstić information content (AvgIpc) is 3.18. The topological polar surface area (TPSA) is 54.0 Å². The summed E-state index contributed by atoms with van der Waals surface area (Å²) in [4.78, 5) is 17.5.